The Kier molecular flexibility index (Phi) is 6.42. The van der Waals surface area contributed by atoms with Crippen molar-refractivity contribution < 1.29 is 23.9 Å². The first-order valence-electron chi connectivity index (χ1n) is 10.7. The molecule has 0 aliphatic carbocycles. The Morgan fingerprint density at radius 3 is 2.62 bits per heavy atom. The van der Waals surface area contributed by atoms with Gasteiger partial charge in [-0.3, -0.25) is 4.79 Å². The molecule has 0 saturated carbocycles. The van der Waals surface area contributed by atoms with E-state index in [9.17, 15) is 9.90 Å². The van der Waals surface area contributed by atoms with Crippen molar-refractivity contribution in [2.45, 2.75) is 25.8 Å². The van der Waals surface area contributed by atoms with Crippen LogP contribution in [0.5, 0.6) is 17.5 Å². The van der Waals surface area contributed by atoms with Gasteiger partial charge in [-0.1, -0.05) is 22.3 Å². The Morgan fingerprint density at radius 1 is 1.21 bits per heavy atom. The number of carbonyl (C=O) groups is 1. The van der Waals surface area contributed by atoms with Crippen LogP contribution in [0, 0.1) is 23.7 Å². The van der Waals surface area contributed by atoms with E-state index in [2.05, 4.69) is 33.9 Å². The Bertz CT molecular complexity index is 1350. The highest BCUT2D eigenvalue weighted by atomic mass is 16.5. The van der Waals surface area contributed by atoms with Gasteiger partial charge in [0, 0.05) is 24.7 Å². The number of hydrogen-bond acceptors (Lipinski definition) is 7. The van der Waals surface area contributed by atoms with Gasteiger partial charge in [0.2, 0.25) is 11.3 Å². The highest BCUT2D eigenvalue weighted by molar-refractivity contribution is 5.93. The third kappa shape index (κ3) is 4.39. The molecule has 34 heavy (non-hydrogen) atoms. The molecule has 0 unspecified atom stereocenters. The maximum atomic E-state index is 12.3. The maximum Gasteiger partial charge on any atom is 0.545 e. The van der Waals surface area contributed by atoms with E-state index in [0.29, 0.717) is 41.2 Å². The van der Waals surface area contributed by atoms with Crippen molar-refractivity contribution in [3.63, 3.8) is 0 Å². The molecule has 174 valence electrons. The number of amides is 1. The molecule has 1 atom stereocenters. The van der Waals surface area contributed by atoms with Crippen LogP contribution in [0.1, 0.15) is 36.9 Å². The highest BCUT2D eigenvalue weighted by Gasteiger charge is 2.31. The molecule has 1 aromatic carbocycles. The number of anilines is 1. The molecule has 0 radical (unpaired) electrons. The van der Waals surface area contributed by atoms with Crippen LogP contribution in [-0.2, 0) is 4.79 Å². The molecule has 3 N–H and O–H groups in total. The van der Waals surface area contributed by atoms with Gasteiger partial charge in [-0.25, -0.2) is 4.68 Å². The van der Waals surface area contributed by atoms with Crippen LogP contribution < -0.4 is 19.7 Å². The van der Waals surface area contributed by atoms with E-state index in [-0.39, 0.29) is 23.8 Å². The molecule has 4 rings (SSSR count). The number of fused-ring (bicyclic) bond motifs is 1. The average Bonchev–Trinajstić information content (AvgIpc) is 3.26. The number of nitrogen functional groups attached to an aromatic ring is 1. The van der Waals surface area contributed by atoms with Crippen LogP contribution >= 0.6 is 0 Å². The van der Waals surface area contributed by atoms with E-state index in [0.717, 1.165) is 12.8 Å². The number of benzene rings is 1. The van der Waals surface area contributed by atoms with Gasteiger partial charge in [0.1, 0.15) is 16.6 Å². The molecule has 2 aromatic heterocycles. The summed E-state index contributed by atoms with van der Waals surface area (Å²) in [5.41, 5.74) is 7.81. The number of rotatable bonds is 3. The summed E-state index contributed by atoms with van der Waals surface area (Å²) in [5.74, 6) is 12.6. The summed E-state index contributed by atoms with van der Waals surface area (Å²) >= 11 is 0. The number of methoxy groups -OCH3 is 2. The maximum absolute atomic E-state index is 12.3. The van der Waals surface area contributed by atoms with Gasteiger partial charge < -0.3 is 25.2 Å². The van der Waals surface area contributed by atoms with Gasteiger partial charge in [0.15, 0.2) is 0 Å². The first kappa shape index (κ1) is 22.7. The summed E-state index contributed by atoms with van der Waals surface area (Å²) in [6.07, 6.45) is 3.38. The number of carbonyl (C=O) groups excluding carboxylic acids is 1. The number of nitrogens with two attached hydrogens (primary N) is 1. The van der Waals surface area contributed by atoms with Crippen LogP contribution in [0.4, 0.5) is 5.82 Å². The average molecular weight is 462 g/mol. The van der Waals surface area contributed by atoms with E-state index in [1.54, 1.807) is 50.4 Å². The zero-order valence-corrected chi connectivity index (χ0v) is 19.2. The molecule has 1 saturated heterocycles. The molecule has 10 nitrogen and oxygen atoms in total. The monoisotopic (exact) mass is 461 g/mol. The van der Waals surface area contributed by atoms with Crippen LogP contribution in [0.3, 0.4) is 0 Å². The minimum Gasteiger partial charge on any atom is -0.497 e. The van der Waals surface area contributed by atoms with Crippen LogP contribution in [0.25, 0.3) is 5.52 Å². The summed E-state index contributed by atoms with van der Waals surface area (Å²) in [4.78, 5) is 14.0. The Balaban J connectivity index is 1.79. The van der Waals surface area contributed by atoms with Crippen molar-refractivity contribution >= 4 is 17.2 Å². The molecule has 10 heteroatoms. The predicted molar refractivity (Wildman–Crippen MR) is 123 cm³/mol. The minimum atomic E-state index is -0.322. The summed E-state index contributed by atoms with van der Waals surface area (Å²) in [7, 11) is 3.14. The number of aromatic hydroxyl groups is 1. The van der Waals surface area contributed by atoms with Gasteiger partial charge >= 0.3 is 6.01 Å². The number of ether oxygens (including phenoxy) is 2. The van der Waals surface area contributed by atoms with E-state index in [1.165, 1.54) is 4.52 Å². The van der Waals surface area contributed by atoms with E-state index in [4.69, 9.17) is 15.2 Å². The Labute approximate surface area is 196 Å². The number of piperidine rings is 1. The second kappa shape index (κ2) is 9.59. The lowest BCUT2D eigenvalue weighted by Crippen LogP contribution is -2.45. The smallest absolute Gasteiger partial charge is 0.497 e. The minimum absolute atomic E-state index is 0.129. The summed E-state index contributed by atoms with van der Waals surface area (Å²) < 4.78 is 13.9. The van der Waals surface area contributed by atoms with Gasteiger partial charge in [-0.2, -0.15) is 0 Å². The third-order valence-corrected chi connectivity index (χ3v) is 5.62. The highest BCUT2D eigenvalue weighted by Crippen LogP contribution is 2.25. The number of likely N-dealkylation sites (tertiary alicyclic amines) is 1. The van der Waals surface area contributed by atoms with Crippen molar-refractivity contribution in [1.29, 1.82) is 0 Å². The van der Waals surface area contributed by atoms with Crippen molar-refractivity contribution in [3.8, 4) is 41.2 Å². The van der Waals surface area contributed by atoms with Gasteiger partial charge in [0.05, 0.1) is 32.0 Å². The fraction of sp³-hybridized carbons (Fsp3) is 0.333. The van der Waals surface area contributed by atoms with Gasteiger partial charge in [-0.05, 0) is 42.9 Å². The number of aromatic nitrogens is 4. The molecule has 0 spiro atoms. The zero-order chi connectivity index (χ0) is 24.2. The SMILES string of the molecule is CC#CC(=O)N1CCC[C@H](n2cc(C#Cc3cc(OC)cc(OC)c3)c3c(N)nnc(O)[n+]32)C1. The zero-order valence-electron chi connectivity index (χ0n) is 19.2. The van der Waals surface area contributed by atoms with Crippen LogP contribution in [-0.4, -0.2) is 58.1 Å². The first-order chi connectivity index (χ1) is 16.4. The summed E-state index contributed by atoms with van der Waals surface area (Å²) in [6.45, 7) is 2.70. The predicted octanol–water partition coefficient (Wildman–Crippen LogP) is 0.908. The van der Waals surface area contributed by atoms with E-state index in [1.807, 2.05) is 4.68 Å². The molecule has 1 fully saturated rings. The van der Waals surface area contributed by atoms with Crippen molar-refractivity contribution in [2.75, 3.05) is 33.0 Å². The second-order valence-corrected chi connectivity index (χ2v) is 7.74. The lowest BCUT2D eigenvalue weighted by Gasteiger charge is -2.31. The summed E-state index contributed by atoms with van der Waals surface area (Å²) in [5, 5.41) is 18.1. The van der Waals surface area contributed by atoms with Crippen LogP contribution in [0.2, 0.25) is 0 Å². The van der Waals surface area contributed by atoms with Crippen molar-refractivity contribution in [3.05, 3.63) is 35.5 Å². The normalized spacial score (nSPS) is 15.1. The molecule has 1 aliphatic heterocycles. The standard InChI is InChI=1S/C24H24N6O4/c1-4-6-21(31)28-10-5-7-18(15-28)29-14-17(22-23(25)26-27-24(32)30(22)29)9-8-16-11-19(33-2)13-20(12-16)34-3/h11-14,18H,5,7,10,15,25H2,1-3H3/p+1/t18-/m0/s1. The molecular formula is C24H25N6O4+. The molecule has 1 amide bonds. The van der Waals surface area contributed by atoms with Gasteiger partial charge in [0.25, 0.3) is 5.91 Å². The Hall–Kier alpha value is -4.44. The van der Waals surface area contributed by atoms with E-state index < -0.39 is 0 Å². The molecule has 1 aliphatic rings. The lowest BCUT2D eigenvalue weighted by molar-refractivity contribution is -0.625. The quantitative estimate of drug-likeness (QED) is 0.439. The number of hydrogen-bond donors (Lipinski definition) is 2. The summed E-state index contributed by atoms with van der Waals surface area (Å²) in [6, 6.07) is 4.89. The van der Waals surface area contributed by atoms with Gasteiger partial charge in [-0.15, -0.1) is 0 Å². The largest absolute Gasteiger partial charge is 0.545 e. The first-order valence-corrected chi connectivity index (χ1v) is 10.7. The Morgan fingerprint density at radius 2 is 1.94 bits per heavy atom. The third-order valence-electron chi connectivity index (χ3n) is 5.62. The van der Waals surface area contributed by atoms with Crippen molar-refractivity contribution in [2.24, 2.45) is 0 Å². The number of nitrogens with zero attached hydrogens (tertiary/aromatic N) is 5. The molecule has 3 heterocycles. The fourth-order valence-electron chi connectivity index (χ4n) is 4.04. The lowest BCUT2D eigenvalue weighted by atomic mass is 10.1. The molecule has 3 aromatic rings. The van der Waals surface area contributed by atoms with Crippen LogP contribution in [0.15, 0.2) is 24.4 Å². The fourth-order valence-corrected chi connectivity index (χ4v) is 4.04. The molecule has 0 bridgehead atoms. The topological polar surface area (TPSA) is 120 Å². The molecular weight excluding hydrogens is 436 g/mol. The van der Waals surface area contributed by atoms with Crippen molar-refractivity contribution in [1.82, 2.24) is 19.8 Å². The van der Waals surface area contributed by atoms with E-state index >= 15 is 0 Å². The second-order valence-electron chi connectivity index (χ2n) is 7.74.